The van der Waals surface area contributed by atoms with Crippen molar-refractivity contribution in [2.45, 2.75) is 64.9 Å². The Bertz CT molecular complexity index is 230. The molecule has 3 heteroatoms. The second kappa shape index (κ2) is 7.70. The number of hydrogen-bond acceptors (Lipinski definition) is 3. The minimum Gasteiger partial charge on any atom is -0.462 e. The van der Waals surface area contributed by atoms with Gasteiger partial charge in [0.1, 0.15) is 6.10 Å². The lowest BCUT2D eigenvalue weighted by molar-refractivity contribution is -0.158. The summed E-state index contributed by atoms with van der Waals surface area (Å²) in [6.45, 7) is 4.79. The number of carbonyl (C=O) groups excluding carboxylic acids is 1. The highest BCUT2D eigenvalue weighted by Crippen LogP contribution is 2.29. The molecule has 1 aliphatic rings. The van der Waals surface area contributed by atoms with Crippen LogP contribution >= 0.6 is 0 Å². The Balaban J connectivity index is 2.37. The average molecular weight is 241 g/mol. The molecular formula is C14H27NO2. The minimum absolute atomic E-state index is 0.00187. The van der Waals surface area contributed by atoms with E-state index in [9.17, 15) is 4.79 Å². The van der Waals surface area contributed by atoms with Crippen molar-refractivity contribution < 1.29 is 9.53 Å². The Morgan fingerprint density at radius 2 is 2.12 bits per heavy atom. The molecule has 1 saturated carbocycles. The molecule has 0 bridgehead atoms. The van der Waals surface area contributed by atoms with Gasteiger partial charge in [-0.2, -0.15) is 0 Å². The molecule has 0 aromatic carbocycles. The number of esters is 1. The molecule has 3 nitrogen and oxygen atoms in total. The Hall–Kier alpha value is -0.570. The maximum absolute atomic E-state index is 11.9. The van der Waals surface area contributed by atoms with Crippen molar-refractivity contribution in [2.24, 2.45) is 17.6 Å². The Labute approximate surface area is 105 Å². The van der Waals surface area contributed by atoms with Gasteiger partial charge in [-0.15, -0.1) is 0 Å². The molecule has 0 saturated heterocycles. The predicted molar refractivity (Wildman–Crippen MR) is 69.6 cm³/mol. The van der Waals surface area contributed by atoms with E-state index in [1.165, 1.54) is 19.3 Å². The molecule has 1 fully saturated rings. The van der Waals surface area contributed by atoms with Crippen molar-refractivity contribution in [3.05, 3.63) is 0 Å². The fraction of sp³-hybridized carbons (Fsp3) is 0.929. The molecule has 0 aromatic rings. The molecule has 0 radical (unpaired) electrons. The van der Waals surface area contributed by atoms with E-state index >= 15 is 0 Å². The quantitative estimate of drug-likeness (QED) is 0.727. The smallest absolute Gasteiger partial charge is 0.308 e. The van der Waals surface area contributed by atoms with Crippen LogP contribution in [0.1, 0.15) is 58.8 Å². The number of carbonyl (C=O) groups is 1. The van der Waals surface area contributed by atoms with Crippen molar-refractivity contribution in [3.8, 4) is 0 Å². The first-order valence-corrected chi connectivity index (χ1v) is 7.09. The molecule has 3 atom stereocenters. The maximum Gasteiger partial charge on any atom is 0.308 e. The van der Waals surface area contributed by atoms with Gasteiger partial charge in [0.15, 0.2) is 0 Å². The molecule has 0 aliphatic heterocycles. The summed E-state index contributed by atoms with van der Waals surface area (Å²) in [5.74, 6) is 0.552. The summed E-state index contributed by atoms with van der Waals surface area (Å²) in [6.07, 6.45) is 7.79. The second-order valence-electron chi connectivity index (χ2n) is 5.26. The highest BCUT2D eigenvalue weighted by Gasteiger charge is 2.28. The molecule has 0 amide bonds. The minimum atomic E-state index is -0.0243. The van der Waals surface area contributed by atoms with Crippen LogP contribution < -0.4 is 5.73 Å². The van der Waals surface area contributed by atoms with E-state index in [0.717, 1.165) is 25.7 Å². The zero-order valence-corrected chi connectivity index (χ0v) is 11.3. The second-order valence-corrected chi connectivity index (χ2v) is 5.26. The normalized spacial score (nSPS) is 26.5. The van der Waals surface area contributed by atoms with Crippen LogP contribution in [0, 0.1) is 11.8 Å². The maximum atomic E-state index is 11.9. The molecule has 2 N–H and O–H groups in total. The zero-order valence-electron chi connectivity index (χ0n) is 11.3. The third-order valence-electron chi connectivity index (χ3n) is 3.87. The van der Waals surface area contributed by atoms with Crippen molar-refractivity contribution >= 4 is 5.97 Å². The summed E-state index contributed by atoms with van der Waals surface area (Å²) >= 11 is 0. The van der Waals surface area contributed by atoms with Crippen molar-refractivity contribution in [3.63, 3.8) is 0 Å². The number of hydrogen-bond donors (Lipinski definition) is 1. The van der Waals surface area contributed by atoms with Gasteiger partial charge in [-0.1, -0.05) is 20.3 Å². The molecule has 0 spiro atoms. The van der Waals surface area contributed by atoms with Crippen LogP contribution in [0.25, 0.3) is 0 Å². The predicted octanol–water partition coefficient (Wildman–Crippen LogP) is 2.87. The van der Waals surface area contributed by atoms with Gasteiger partial charge in [-0.25, -0.2) is 0 Å². The van der Waals surface area contributed by atoms with Crippen molar-refractivity contribution in [1.82, 2.24) is 0 Å². The number of rotatable bonds is 6. The molecule has 1 aliphatic carbocycles. The van der Waals surface area contributed by atoms with Crippen LogP contribution in [0.4, 0.5) is 0 Å². The standard InChI is InChI=1S/C14H27NO2/c1-3-12-8-4-5-9-13(12)17-14(16)11(2)7-6-10-15/h11-13H,3-10,15H2,1-2H3. The summed E-state index contributed by atoms with van der Waals surface area (Å²) in [7, 11) is 0. The number of nitrogens with two attached hydrogens (primary N) is 1. The van der Waals surface area contributed by atoms with Crippen LogP contribution in [0.3, 0.4) is 0 Å². The van der Waals surface area contributed by atoms with Crippen molar-refractivity contribution in [1.29, 1.82) is 0 Å². The summed E-state index contributed by atoms with van der Waals surface area (Å²) in [6, 6.07) is 0. The molecule has 0 aromatic heterocycles. The van der Waals surface area contributed by atoms with Gasteiger partial charge in [0.2, 0.25) is 0 Å². The van der Waals surface area contributed by atoms with E-state index < -0.39 is 0 Å². The van der Waals surface area contributed by atoms with Crippen LogP contribution in [0.15, 0.2) is 0 Å². The zero-order chi connectivity index (χ0) is 12.7. The third-order valence-corrected chi connectivity index (χ3v) is 3.87. The van der Waals surface area contributed by atoms with E-state index in [4.69, 9.17) is 10.5 Å². The van der Waals surface area contributed by atoms with E-state index in [-0.39, 0.29) is 18.0 Å². The average Bonchev–Trinajstić information content (AvgIpc) is 2.36. The van der Waals surface area contributed by atoms with E-state index in [1.54, 1.807) is 0 Å². The van der Waals surface area contributed by atoms with Gasteiger partial charge in [0.25, 0.3) is 0 Å². The topological polar surface area (TPSA) is 52.3 Å². The van der Waals surface area contributed by atoms with Crippen molar-refractivity contribution in [2.75, 3.05) is 6.54 Å². The summed E-state index contributed by atoms with van der Waals surface area (Å²) in [5, 5.41) is 0. The Kier molecular flexibility index (Phi) is 6.56. The first kappa shape index (κ1) is 14.5. The lowest BCUT2D eigenvalue weighted by Crippen LogP contribution is -2.31. The largest absolute Gasteiger partial charge is 0.462 e. The van der Waals surface area contributed by atoms with Gasteiger partial charge in [0, 0.05) is 0 Å². The van der Waals surface area contributed by atoms with E-state index in [1.807, 2.05) is 6.92 Å². The first-order valence-electron chi connectivity index (χ1n) is 7.09. The lowest BCUT2D eigenvalue weighted by atomic mass is 9.84. The lowest BCUT2D eigenvalue weighted by Gasteiger charge is -2.31. The van der Waals surface area contributed by atoms with Gasteiger partial charge >= 0.3 is 5.97 Å². The monoisotopic (exact) mass is 241 g/mol. The fourth-order valence-electron chi connectivity index (χ4n) is 2.60. The first-order chi connectivity index (χ1) is 8.19. The van der Waals surface area contributed by atoms with E-state index in [2.05, 4.69) is 6.92 Å². The molecule has 17 heavy (non-hydrogen) atoms. The van der Waals surface area contributed by atoms with E-state index in [0.29, 0.717) is 12.5 Å². The van der Waals surface area contributed by atoms with Crippen LogP contribution in [0.2, 0.25) is 0 Å². The van der Waals surface area contributed by atoms with Gasteiger partial charge in [-0.05, 0) is 51.0 Å². The summed E-state index contributed by atoms with van der Waals surface area (Å²) < 4.78 is 5.67. The molecule has 100 valence electrons. The van der Waals surface area contributed by atoms with Crippen LogP contribution in [-0.4, -0.2) is 18.6 Å². The SMILES string of the molecule is CCC1CCCCC1OC(=O)C(C)CCCN. The highest BCUT2D eigenvalue weighted by molar-refractivity contribution is 5.72. The Morgan fingerprint density at radius 3 is 2.76 bits per heavy atom. The molecule has 1 rings (SSSR count). The third kappa shape index (κ3) is 4.66. The molecule has 3 unspecified atom stereocenters. The van der Waals surface area contributed by atoms with Crippen LogP contribution in [-0.2, 0) is 9.53 Å². The summed E-state index contributed by atoms with van der Waals surface area (Å²) in [4.78, 5) is 11.9. The fourth-order valence-corrected chi connectivity index (χ4v) is 2.60. The molecule has 0 heterocycles. The Morgan fingerprint density at radius 1 is 1.41 bits per heavy atom. The summed E-state index contributed by atoms with van der Waals surface area (Å²) in [5.41, 5.74) is 5.45. The molecular weight excluding hydrogens is 214 g/mol. The van der Waals surface area contributed by atoms with Crippen LogP contribution in [0.5, 0.6) is 0 Å². The van der Waals surface area contributed by atoms with Gasteiger partial charge < -0.3 is 10.5 Å². The van der Waals surface area contributed by atoms with Gasteiger partial charge in [0.05, 0.1) is 5.92 Å². The number of ether oxygens (including phenoxy) is 1. The van der Waals surface area contributed by atoms with Gasteiger partial charge in [-0.3, -0.25) is 4.79 Å². The highest BCUT2D eigenvalue weighted by atomic mass is 16.5.